The smallest absolute Gasteiger partial charge is 0.328 e. The number of methoxy groups -OCH3 is 1. The van der Waals surface area contributed by atoms with Crippen molar-refractivity contribution in [3.63, 3.8) is 0 Å². The lowest BCUT2D eigenvalue weighted by Crippen LogP contribution is -2.41. The van der Waals surface area contributed by atoms with Gasteiger partial charge in [0.05, 0.1) is 13.2 Å². The summed E-state index contributed by atoms with van der Waals surface area (Å²) in [6.45, 7) is 3.38. The van der Waals surface area contributed by atoms with Crippen molar-refractivity contribution in [2.24, 2.45) is 0 Å². The molecule has 1 amide bonds. The maximum atomic E-state index is 12.4. The van der Waals surface area contributed by atoms with Gasteiger partial charge in [-0.05, 0) is 19.4 Å². The molecule has 0 bridgehead atoms. The Kier molecular flexibility index (Phi) is 3.26. The number of carbonyl (C=O) groups excluding carboxylic acids is 2. The van der Waals surface area contributed by atoms with Crippen LogP contribution < -0.4 is 0 Å². The third-order valence-corrected chi connectivity index (χ3v) is 3.41. The quantitative estimate of drug-likeness (QED) is 0.755. The van der Waals surface area contributed by atoms with E-state index < -0.39 is 18.1 Å². The molecule has 0 aromatic heterocycles. The minimum absolute atomic E-state index is 0.294. The molecule has 1 aromatic carbocycles. The lowest BCUT2D eigenvalue weighted by molar-refractivity contribution is -0.145. The molecule has 0 spiro atoms. The summed E-state index contributed by atoms with van der Waals surface area (Å²) < 4.78 is 4.65. The number of nitriles is 1. The Morgan fingerprint density at radius 1 is 1.53 bits per heavy atom. The van der Waals surface area contributed by atoms with E-state index in [1.807, 2.05) is 13.0 Å². The van der Waals surface area contributed by atoms with Gasteiger partial charge in [0.1, 0.15) is 12.1 Å². The molecule has 0 saturated carbocycles. The van der Waals surface area contributed by atoms with Gasteiger partial charge in [0.15, 0.2) is 0 Å². The molecule has 1 aromatic rings. The molecule has 1 aliphatic heterocycles. The summed E-state index contributed by atoms with van der Waals surface area (Å²) in [5.74, 6) is -0.823. The van der Waals surface area contributed by atoms with Gasteiger partial charge >= 0.3 is 5.97 Å². The molecule has 0 radical (unpaired) electrons. The van der Waals surface area contributed by atoms with E-state index in [1.54, 1.807) is 19.1 Å². The van der Waals surface area contributed by atoms with Crippen molar-refractivity contribution in [2.75, 3.05) is 7.11 Å². The molecule has 0 N–H and O–H groups in total. The first kappa shape index (κ1) is 13.1. The van der Waals surface area contributed by atoms with Gasteiger partial charge in [0.25, 0.3) is 5.91 Å². The van der Waals surface area contributed by atoms with Crippen LogP contribution in [0.5, 0.6) is 0 Å². The molecular formula is C14H14N2O3. The third-order valence-electron chi connectivity index (χ3n) is 3.41. The maximum absolute atomic E-state index is 12.4. The van der Waals surface area contributed by atoms with Crippen LogP contribution in [0.2, 0.25) is 0 Å². The lowest BCUT2D eigenvalue weighted by Gasteiger charge is -2.25. The van der Waals surface area contributed by atoms with Crippen molar-refractivity contribution in [2.45, 2.75) is 25.9 Å². The Hall–Kier alpha value is -2.35. The second-order valence-electron chi connectivity index (χ2n) is 4.48. The normalized spacial score (nSPS) is 18.7. The average Bonchev–Trinajstić information content (AvgIpc) is 2.70. The molecule has 2 rings (SSSR count). The van der Waals surface area contributed by atoms with Crippen LogP contribution in [0, 0.1) is 18.3 Å². The zero-order valence-electron chi connectivity index (χ0n) is 11.0. The standard InChI is InChI=1S/C14H14N2O3/c1-8-5-4-6-10-11(7-15)16(13(17)12(8)10)9(2)14(18)19-3/h4-6,9,11H,1-3H3. The largest absolute Gasteiger partial charge is 0.467 e. The van der Waals surface area contributed by atoms with Crippen LogP contribution >= 0.6 is 0 Å². The van der Waals surface area contributed by atoms with Gasteiger partial charge in [-0.25, -0.2) is 4.79 Å². The molecule has 1 heterocycles. The van der Waals surface area contributed by atoms with Crippen LogP contribution in [0.15, 0.2) is 18.2 Å². The molecule has 1 aliphatic rings. The van der Waals surface area contributed by atoms with Crippen LogP contribution in [0.3, 0.4) is 0 Å². The maximum Gasteiger partial charge on any atom is 0.328 e. The highest BCUT2D eigenvalue weighted by atomic mass is 16.5. The lowest BCUT2D eigenvalue weighted by atomic mass is 10.0. The Morgan fingerprint density at radius 2 is 2.21 bits per heavy atom. The molecule has 0 fully saturated rings. The molecule has 98 valence electrons. The molecular weight excluding hydrogens is 244 g/mol. The van der Waals surface area contributed by atoms with Crippen molar-refractivity contribution >= 4 is 11.9 Å². The zero-order chi connectivity index (χ0) is 14.2. The first-order valence-corrected chi connectivity index (χ1v) is 5.92. The van der Waals surface area contributed by atoms with Gasteiger partial charge in [-0.15, -0.1) is 0 Å². The van der Waals surface area contributed by atoms with Crippen molar-refractivity contribution in [3.05, 3.63) is 34.9 Å². The average molecular weight is 258 g/mol. The van der Waals surface area contributed by atoms with Gasteiger partial charge in [0.2, 0.25) is 0 Å². The summed E-state index contributed by atoms with van der Waals surface area (Å²) in [5.41, 5.74) is 1.98. The highest BCUT2D eigenvalue weighted by molar-refractivity contribution is 6.03. The first-order valence-electron chi connectivity index (χ1n) is 5.92. The first-order chi connectivity index (χ1) is 9.02. The Bertz CT molecular complexity index is 589. The summed E-state index contributed by atoms with van der Waals surface area (Å²) in [6.07, 6.45) is 0. The van der Waals surface area contributed by atoms with Crippen LogP contribution in [0.4, 0.5) is 0 Å². The van der Waals surface area contributed by atoms with Crippen molar-refractivity contribution in [1.82, 2.24) is 4.90 Å². The molecule has 0 saturated heterocycles. The highest BCUT2D eigenvalue weighted by Gasteiger charge is 2.42. The number of carbonyl (C=O) groups is 2. The van der Waals surface area contributed by atoms with Gasteiger partial charge in [-0.3, -0.25) is 4.79 Å². The number of esters is 1. The predicted molar refractivity (Wildman–Crippen MR) is 67.2 cm³/mol. The number of rotatable bonds is 2. The van der Waals surface area contributed by atoms with Gasteiger partial charge in [-0.2, -0.15) is 5.26 Å². The van der Waals surface area contributed by atoms with E-state index in [0.29, 0.717) is 11.1 Å². The second-order valence-corrected chi connectivity index (χ2v) is 4.48. The summed E-state index contributed by atoms with van der Waals surface area (Å²) in [4.78, 5) is 25.3. The number of ether oxygens (including phenoxy) is 1. The summed E-state index contributed by atoms with van der Waals surface area (Å²) in [5, 5.41) is 9.30. The fourth-order valence-corrected chi connectivity index (χ4v) is 2.42. The van der Waals surface area contributed by atoms with Crippen LogP contribution in [-0.4, -0.2) is 29.9 Å². The van der Waals surface area contributed by atoms with E-state index in [1.165, 1.54) is 12.0 Å². The number of fused-ring (bicyclic) bond motifs is 1. The Labute approximate surface area is 111 Å². The van der Waals surface area contributed by atoms with Crippen LogP contribution in [0.25, 0.3) is 0 Å². The van der Waals surface area contributed by atoms with E-state index in [2.05, 4.69) is 10.8 Å². The molecule has 5 nitrogen and oxygen atoms in total. The molecule has 19 heavy (non-hydrogen) atoms. The van der Waals surface area contributed by atoms with E-state index in [9.17, 15) is 14.9 Å². The molecule has 5 heteroatoms. The SMILES string of the molecule is COC(=O)C(C)N1C(=O)c2c(C)cccc2C1C#N. The minimum atomic E-state index is -0.783. The van der Waals surface area contributed by atoms with E-state index in [0.717, 1.165) is 5.56 Å². The highest BCUT2D eigenvalue weighted by Crippen LogP contribution is 2.36. The summed E-state index contributed by atoms with van der Waals surface area (Å²) >= 11 is 0. The van der Waals surface area contributed by atoms with E-state index in [4.69, 9.17) is 0 Å². The number of nitrogens with zero attached hydrogens (tertiary/aromatic N) is 2. The molecule has 2 atom stereocenters. The minimum Gasteiger partial charge on any atom is -0.467 e. The third kappa shape index (κ3) is 1.85. The number of amides is 1. The van der Waals surface area contributed by atoms with Gasteiger partial charge < -0.3 is 9.64 Å². The summed E-state index contributed by atoms with van der Waals surface area (Å²) in [7, 11) is 1.26. The predicted octanol–water partition coefficient (Wildman–Crippen LogP) is 1.58. The fourth-order valence-electron chi connectivity index (χ4n) is 2.42. The van der Waals surface area contributed by atoms with Gasteiger partial charge in [0, 0.05) is 11.1 Å². The van der Waals surface area contributed by atoms with E-state index in [-0.39, 0.29) is 5.91 Å². The van der Waals surface area contributed by atoms with Crippen molar-refractivity contribution in [1.29, 1.82) is 5.26 Å². The Morgan fingerprint density at radius 3 is 2.79 bits per heavy atom. The van der Waals surface area contributed by atoms with Crippen molar-refractivity contribution < 1.29 is 14.3 Å². The number of hydrogen-bond donors (Lipinski definition) is 0. The molecule has 2 unspecified atom stereocenters. The monoisotopic (exact) mass is 258 g/mol. The van der Waals surface area contributed by atoms with Crippen LogP contribution in [-0.2, 0) is 9.53 Å². The zero-order valence-corrected chi connectivity index (χ0v) is 11.0. The summed E-state index contributed by atoms with van der Waals surface area (Å²) in [6, 6.07) is 5.93. The van der Waals surface area contributed by atoms with Crippen LogP contribution in [0.1, 0.15) is 34.5 Å². The Balaban J connectivity index is 2.51. The second kappa shape index (κ2) is 4.73. The molecule has 0 aliphatic carbocycles. The number of hydrogen-bond acceptors (Lipinski definition) is 4. The van der Waals surface area contributed by atoms with E-state index >= 15 is 0 Å². The van der Waals surface area contributed by atoms with Crippen molar-refractivity contribution in [3.8, 4) is 6.07 Å². The fraction of sp³-hybridized carbons (Fsp3) is 0.357. The van der Waals surface area contributed by atoms with Gasteiger partial charge in [-0.1, -0.05) is 18.2 Å². The topological polar surface area (TPSA) is 70.4 Å². The number of benzene rings is 1. The number of aryl methyl sites for hydroxylation is 1.